The molecule has 0 N–H and O–H groups in total. The molecule has 1 aliphatic carbocycles. The predicted molar refractivity (Wildman–Crippen MR) is 65.2 cm³/mol. The maximum Gasteiger partial charge on any atom is 0.318 e. The van der Waals surface area contributed by atoms with Crippen molar-refractivity contribution in [3.05, 3.63) is 59.9 Å². The van der Waals surface area contributed by atoms with Crippen LogP contribution in [0.15, 0.2) is 54.3 Å². The lowest BCUT2D eigenvalue weighted by Crippen LogP contribution is -2.28. The third-order valence-electron chi connectivity index (χ3n) is 3.44. The van der Waals surface area contributed by atoms with E-state index >= 15 is 0 Å². The molecule has 1 heterocycles. The quantitative estimate of drug-likeness (QED) is 0.687. The number of benzene rings is 1. The highest BCUT2D eigenvalue weighted by Gasteiger charge is 2.34. The lowest BCUT2D eigenvalue weighted by molar-refractivity contribution is -0.145. The molecule has 2 heteroatoms. The maximum atomic E-state index is 12.0. The third kappa shape index (κ3) is 1.91. The number of esters is 1. The maximum absolute atomic E-state index is 12.0. The summed E-state index contributed by atoms with van der Waals surface area (Å²) in [6, 6.07) is 9.90. The molecule has 2 unspecified atom stereocenters. The molecule has 86 valence electrons. The number of carbonyl (C=O) groups excluding carboxylic acids is 1. The van der Waals surface area contributed by atoms with Crippen molar-refractivity contribution >= 4 is 5.97 Å². The van der Waals surface area contributed by atoms with Gasteiger partial charge in [0.2, 0.25) is 0 Å². The molecule has 1 aromatic carbocycles. The molecule has 0 amide bonds. The van der Waals surface area contributed by atoms with E-state index in [1.807, 2.05) is 42.5 Å². The van der Waals surface area contributed by atoms with E-state index in [0.717, 1.165) is 24.2 Å². The minimum atomic E-state index is -0.117. The zero-order chi connectivity index (χ0) is 11.7. The Morgan fingerprint density at radius 2 is 2.00 bits per heavy atom. The van der Waals surface area contributed by atoms with Crippen molar-refractivity contribution in [2.75, 3.05) is 0 Å². The fourth-order valence-electron chi connectivity index (χ4n) is 2.51. The van der Waals surface area contributed by atoms with Crippen molar-refractivity contribution in [3.63, 3.8) is 0 Å². The van der Waals surface area contributed by atoms with Gasteiger partial charge in [-0.2, -0.15) is 0 Å². The summed E-state index contributed by atoms with van der Waals surface area (Å²) >= 11 is 0. The Balaban J connectivity index is 1.87. The van der Waals surface area contributed by atoms with Crippen LogP contribution in [0.4, 0.5) is 0 Å². The summed E-state index contributed by atoms with van der Waals surface area (Å²) in [5.74, 6) is 0.978. The first kappa shape index (κ1) is 10.3. The molecule has 0 bridgehead atoms. The Hall–Kier alpha value is -1.83. The Morgan fingerprint density at radius 1 is 1.18 bits per heavy atom. The van der Waals surface area contributed by atoms with E-state index < -0.39 is 0 Å². The molecule has 1 aliphatic heterocycles. The Labute approximate surface area is 101 Å². The average Bonchev–Trinajstić information content (AvgIpc) is 2.39. The van der Waals surface area contributed by atoms with Crippen LogP contribution in [0.3, 0.4) is 0 Å². The van der Waals surface area contributed by atoms with Gasteiger partial charge in [0.05, 0.1) is 5.92 Å². The predicted octanol–water partition coefficient (Wildman–Crippen LogP) is 3.18. The van der Waals surface area contributed by atoms with Crippen molar-refractivity contribution in [1.82, 2.24) is 0 Å². The van der Waals surface area contributed by atoms with Crippen molar-refractivity contribution in [2.24, 2.45) is 5.92 Å². The molecule has 0 spiro atoms. The lowest BCUT2D eigenvalue weighted by Gasteiger charge is -2.31. The van der Waals surface area contributed by atoms with Gasteiger partial charge in [-0.15, -0.1) is 0 Å². The average molecular weight is 226 g/mol. The minimum absolute atomic E-state index is 0.107. The van der Waals surface area contributed by atoms with E-state index in [9.17, 15) is 4.79 Å². The standard InChI is InChI=1S/C15H14O2/c16-15-13(11-6-2-1-3-7-11)10-12-8-4-5-9-14(12)17-15/h1-7,9,12-13H,8,10H2. The molecule has 0 saturated carbocycles. The normalized spacial score (nSPS) is 27.1. The topological polar surface area (TPSA) is 26.3 Å². The Kier molecular flexibility index (Phi) is 2.56. The highest BCUT2D eigenvalue weighted by atomic mass is 16.5. The van der Waals surface area contributed by atoms with Gasteiger partial charge in [-0.25, -0.2) is 0 Å². The summed E-state index contributed by atoms with van der Waals surface area (Å²) in [7, 11) is 0. The Morgan fingerprint density at radius 3 is 2.82 bits per heavy atom. The van der Waals surface area contributed by atoms with Gasteiger partial charge < -0.3 is 4.74 Å². The van der Waals surface area contributed by atoms with Crippen LogP contribution in [0.5, 0.6) is 0 Å². The van der Waals surface area contributed by atoms with Crippen LogP contribution in [0, 0.1) is 5.92 Å². The van der Waals surface area contributed by atoms with Gasteiger partial charge >= 0.3 is 5.97 Å². The summed E-state index contributed by atoms with van der Waals surface area (Å²) in [4.78, 5) is 12.0. The van der Waals surface area contributed by atoms with Crippen LogP contribution in [0.25, 0.3) is 0 Å². The van der Waals surface area contributed by atoms with Crippen molar-refractivity contribution in [3.8, 4) is 0 Å². The molecule has 2 atom stereocenters. The monoisotopic (exact) mass is 226 g/mol. The van der Waals surface area contributed by atoms with Gasteiger partial charge in [0, 0.05) is 5.92 Å². The number of rotatable bonds is 1. The van der Waals surface area contributed by atoms with E-state index in [-0.39, 0.29) is 11.9 Å². The fourth-order valence-corrected chi connectivity index (χ4v) is 2.51. The summed E-state index contributed by atoms with van der Waals surface area (Å²) in [6.07, 6.45) is 7.84. The largest absolute Gasteiger partial charge is 0.430 e. The molecule has 2 aliphatic rings. The number of carbonyl (C=O) groups is 1. The van der Waals surface area contributed by atoms with Crippen molar-refractivity contribution in [1.29, 1.82) is 0 Å². The summed E-state index contributed by atoms with van der Waals surface area (Å²) in [5.41, 5.74) is 1.06. The molecular weight excluding hydrogens is 212 g/mol. The van der Waals surface area contributed by atoms with Gasteiger partial charge in [0.1, 0.15) is 5.76 Å². The lowest BCUT2D eigenvalue weighted by atomic mass is 9.82. The van der Waals surface area contributed by atoms with E-state index in [2.05, 4.69) is 6.08 Å². The third-order valence-corrected chi connectivity index (χ3v) is 3.44. The Bertz CT molecular complexity index is 485. The van der Waals surface area contributed by atoms with Gasteiger partial charge in [-0.1, -0.05) is 42.5 Å². The van der Waals surface area contributed by atoms with Gasteiger partial charge in [-0.3, -0.25) is 4.79 Å². The number of ether oxygens (including phenoxy) is 1. The molecule has 1 fully saturated rings. The summed E-state index contributed by atoms with van der Waals surface area (Å²) in [5, 5.41) is 0. The van der Waals surface area contributed by atoms with Crippen LogP contribution in [-0.2, 0) is 9.53 Å². The highest BCUT2D eigenvalue weighted by molar-refractivity contribution is 5.80. The van der Waals surface area contributed by atoms with E-state index in [0.29, 0.717) is 5.92 Å². The molecule has 0 aromatic heterocycles. The van der Waals surface area contributed by atoms with E-state index in [1.165, 1.54) is 0 Å². The minimum Gasteiger partial charge on any atom is -0.430 e. The van der Waals surface area contributed by atoms with Crippen LogP contribution >= 0.6 is 0 Å². The first-order valence-electron chi connectivity index (χ1n) is 5.98. The van der Waals surface area contributed by atoms with Crippen LogP contribution in [0.2, 0.25) is 0 Å². The zero-order valence-corrected chi connectivity index (χ0v) is 9.50. The molecule has 1 aromatic rings. The van der Waals surface area contributed by atoms with E-state index in [4.69, 9.17) is 4.74 Å². The van der Waals surface area contributed by atoms with Gasteiger partial charge in [-0.05, 0) is 24.5 Å². The SMILES string of the molecule is O=C1OC2=CC=CCC2CC1c1ccccc1. The molecule has 17 heavy (non-hydrogen) atoms. The first-order valence-corrected chi connectivity index (χ1v) is 5.98. The van der Waals surface area contributed by atoms with Gasteiger partial charge in [0.15, 0.2) is 0 Å². The first-order chi connectivity index (χ1) is 8.34. The number of hydrogen-bond donors (Lipinski definition) is 0. The molecule has 1 saturated heterocycles. The van der Waals surface area contributed by atoms with E-state index in [1.54, 1.807) is 0 Å². The molecular formula is C15H14O2. The number of allylic oxidation sites excluding steroid dienone is 4. The fraction of sp³-hybridized carbons (Fsp3) is 0.267. The molecule has 2 nitrogen and oxygen atoms in total. The smallest absolute Gasteiger partial charge is 0.318 e. The summed E-state index contributed by atoms with van der Waals surface area (Å²) in [6.45, 7) is 0. The second-order valence-corrected chi connectivity index (χ2v) is 4.55. The van der Waals surface area contributed by atoms with Crippen molar-refractivity contribution in [2.45, 2.75) is 18.8 Å². The second kappa shape index (κ2) is 4.21. The number of fused-ring (bicyclic) bond motifs is 1. The summed E-state index contributed by atoms with van der Waals surface area (Å²) < 4.78 is 5.43. The molecule has 0 radical (unpaired) electrons. The van der Waals surface area contributed by atoms with Crippen LogP contribution in [-0.4, -0.2) is 5.97 Å². The van der Waals surface area contributed by atoms with Crippen LogP contribution in [0.1, 0.15) is 24.3 Å². The zero-order valence-electron chi connectivity index (χ0n) is 9.50. The molecule has 3 rings (SSSR count). The van der Waals surface area contributed by atoms with Crippen molar-refractivity contribution < 1.29 is 9.53 Å². The second-order valence-electron chi connectivity index (χ2n) is 4.55. The van der Waals surface area contributed by atoms with Crippen LogP contribution < -0.4 is 0 Å². The highest BCUT2D eigenvalue weighted by Crippen LogP contribution is 2.38. The van der Waals surface area contributed by atoms with Gasteiger partial charge in [0.25, 0.3) is 0 Å². The number of hydrogen-bond acceptors (Lipinski definition) is 2.